The number of nitrogens with zero attached hydrogens (tertiary/aromatic N) is 2. The number of amides is 1. The Morgan fingerprint density at radius 3 is 2.48 bits per heavy atom. The SMILES string of the molecule is Cc1ccc(C(N)C(=O)Nc2ccc3cnn(C(C)C)c3c2)cc1.Cl. The van der Waals surface area contributed by atoms with E-state index in [0.29, 0.717) is 0 Å². The molecule has 25 heavy (non-hydrogen) atoms. The Bertz CT molecular complexity index is 871. The number of hydrogen-bond donors (Lipinski definition) is 2. The maximum atomic E-state index is 12.4. The lowest BCUT2D eigenvalue weighted by Crippen LogP contribution is -2.27. The van der Waals surface area contributed by atoms with E-state index >= 15 is 0 Å². The third kappa shape index (κ3) is 4.00. The summed E-state index contributed by atoms with van der Waals surface area (Å²) in [7, 11) is 0. The predicted molar refractivity (Wildman–Crippen MR) is 104 cm³/mol. The van der Waals surface area contributed by atoms with Gasteiger partial charge in [-0.3, -0.25) is 9.48 Å². The lowest BCUT2D eigenvalue weighted by molar-refractivity contribution is -0.117. The Kier molecular flexibility index (Phi) is 5.82. The van der Waals surface area contributed by atoms with Crippen molar-refractivity contribution in [1.29, 1.82) is 0 Å². The summed E-state index contributed by atoms with van der Waals surface area (Å²) in [5.74, 6) is -0.228. The molecule has 0 radical (unpaired) electrons. The van der Waals surface area contributed by atoms with Crippen molar-refractivity contribution in [2.75, 3.05) is 5.32 Å². The number of aryl methyl sites for hydroxylation is 1. The molecule has 1 atom stereocenters. The van der Waals surface area contributed by atoms with Crippen molar-refractivity contribution in [2.24, 2.45) is 5.73 Å². The van der Waals surface area contributed by atoms with Gasteiger partial charge in [-0.25, -0.2) is 0 Å². The van der Waals surface area contributed by atoms with Gasteiger partial charge in [0, 0.05) is 17.1 Å². The van der Waals surface area contributed by atoms with E-state index in [1.807, 2.05) is 60.3 Å². The van der Waals surface area contributed by atoms with Crippen molar-refractivity contribution in [3.63, 3.8) is 0 Å². The molecule has 0 spiro atoms. The molecule has 0 saturated carbocycles. The van der Waals surface area contributed by atoms with Crippen molar-refractivity contribution >= 4 is 34.9 Å². The van der Waals surface area contributed by atoms with Gasteiger partial charge in [0.05, 0.1) is 11.7 Å². The van der Waals surface area contributed by atoms with Gasteiger partial charge in [-0.2, -0.15) is 5.10 Å². The lowest BCUT2D eigenvalue weighted by atomic mass is 10.1. The molecule has 5 nitrogen and oxygen atoms in total. The zero-order chi connectivity index (χ0) is 17.3. The van der Waals surface area contributed by atoms with Crippen LogP contribution in [0.5, 0.6) is 0 Å². The van der Waals surface area contributed by atoms with Crippen LogP contribution in [0.1, 0.15) is 37.1 Å². The molecule has 0 aliphatic rings. The molecular formula is C19H23ClN4O. The number of nitrogens with two attached hydrogens (primary N) is 1. The molecule has 3 rings (SSSR count). The molecule has 0 aliphatic carbocycles. The second kappa shape index (κ2) is 7.68. The van der Waals surface area contributed by atoms with Crippen LogP contribution in [0.3, 0.4) is 0 Å². The van der Waals surface area contributed by atoms with Gasteiger partial charge in [0.1, 0.15) is 6.04 Å². The molecule has 132 valence electrons. The fourth-order valence-electron chi connectivity index (χ4n) is 2.67. The second-order valence-corrected chi connectivity index (χ2v) is 6.33. The van der Waals surface area contributed by atoms with Gasteiger partial charge in [-0.1, -0.05) is 29.8 Å². The predicted octanol–water partition coefficient (Wildman–Crippen LogP) is 3.99. The topological polar surface area (TPSA) is 72.9 Å². The standard InChI is InChI=1S/C19H22N4O.ClH/c1-12(2)23-17-10-16(9-8-15(17)11-21-23)22-19(24)18(20)14-6-4-13(3)5-7-14;/h4-12,18H,20H2,1-3H3,(H,22,24);1H. The van der Waals surface area contributed by atoms with Crippen molar-refractivity contribution < 1.29 is 4.79 Å². The monoisotopic (exact) mass is 358 g/mol. The van der Waals surface area contributed by atoms with E-state index in [1.54, 1.807) is 0 Å². The van der Waals surface area contributed by atoms with Crippen LogP contribution in [-0.4, -0.2) is 15.7 Å². The van der Waals surface area contributed by atoms with Crippen LogP contribution in [0, 0.1) is 6.92 Å². The molecular weight excluding hydrogens is 336 g/mol. The Balaban J connectivity index is 0.00000225. The molecule has 0 bridgehead atoms. The number of carbonyl (C=O) groups is 1. The average Bonchev–Trinajstić information content (AvgIpc) is 2.98. The van der Waals surface area contributed by atoms with E-state index in [0.717, 1.165) is 27.7 Å². The minimum atomic E-state index is -0.698. The highest BCUT2D eigenvalue weighted by Crippen LogP contribution is 2.22. The molecule has 0 saturated heterocycles. The number of rotatable bonds is 4. The number of nitrogens with one attached hydrogen (secondary N) is 1. The molecule has 3 aromatic rings. The highest BCUT2D eigenvalue weighted by molar-refractivity contribution is 5.97. The second-order valence-electron chi connectivity index (χ2n) is 6.33. The minimum absolute atomic E-state index is 0. The summed E-state index contributed by atoms with van der Waals surface area (Å²) in [6.45, 7) is 6.15. The fourth-order valence-corrected chi connectivity index (χ4v) is 2.67. The summed E-state index contributed by atoms with van der Waals surface area (Å²) in [6.07, 6.45) is 1.83. The van der Waals surface area contributed by atoms with Crippen LogP contribution < -0.4 is 11.1 Å². The Labute approximate surface area is 153 Å². The molecule has 0 fully saturated rings. The summed E-state index contributed by atoms with van der Waals surface area (Å²) < 4.78 is 1.94. The van der Waals surface area contributed by atoms with Gasteiger partial charge in [-0.15, -0.1) is 12.4 Å². The third-order valence-electron chi connectivity index (χ3n) is 4.07. The number of aromatic nitrogens is 2. The summed E-state index contributed by atoms with van der Waals surface area (Å²) in [6, 6.07) is 13.0. The highest BCUT2D eigenvalue weighted by atomic mass is 35.5. The molecule has 1 amide bonds. The van der Waals surface area contributed by atoms with Gasteiger partial charge in [0.25, 0.3) is 0 Å². The number of anilines is 1. The molecule has 3 N–H and O–H groups in total. The van der Waals surface area contributed by atoms with Crippen LogP contribution >= 0.6 is 12.4 Å². The number of fused-ring (bicyclic) bond motifs is 1. The molecule has 0 aliphatic heterocycles. The van der Waals surface area contributed by atoms with E-state index in [-0.39, 0.29) is 24.4 Å². The Morgan fingerprint density at radius 1 is 1.16 bits per heavy atom. The maximum Gasteiger partial charge on any atom is 0.245 e. The first-order valence-corrected chi connectivity index (χ1v) is 8.06. The molecule has 1 unspecified atom stereocenters. The Morgan fingerprint density at radius 2 is 1.84 bits per heavy atom. The lowest BCUT2D eigenvalue weighted by Gasteiger charge is -2.14. The minimum Gasteiger partial charge on any atom is -0.324 e. The zero-order valence-corrected chi connectivity index (χ0v) is 15.4. The van der Waals surface area contributed by atoms with Crippen molar-refractivity contribution in [2.45, 2.75) is 32.9 Å². The zero-order valence-electron chi connectivity index (χ0n) is 14.6. The smallest absolute Gasteiger partial charge is 0.245 e. The number of carbonyl (C=O) groups excluding carboxylic acids is 1. The number of hydrogen-bond acceptors (Lipinski definition) is 3. The highest BCUT2D eigenvalue weighted by Gasteiger charge is 2.16. The largest absolute Gasteiger partial charge is 0.324 e. The third-order valence-corrected chi connectivity index (χ3v) is 4.07. The normalized spacial score (nSPS) is 12.0. The van der Waals surface area contributed by atoms with Gasteiger partial charge in [0.2, 0.25) is 5.91 Å². The first-order chi connectivity index (χ1) is 11.5. The van der Waals surface area contributed by atoms with Gasteiger partial charge >= 0.3 is 0 Å². The first-order valence-electron chi connectivity index (χ1n) is 8.06. The number of benzene rings is 2. The van der Waals surface area contributed by atoms with Crippen LogP contribution in [0.4, 0.5) is 5.69 Å². The maximum absolute atomic E-state index is 12.4. The van der Waals surface area contributed by atoms with Crippen molar-refractivity contribution in [1.82, 2.24) is 9.78 Å². The summed E-state index contributed by atoms with van der Waals surface area (Å²) >= 11 is 0. The van der Waals surface area contributed by atoms with E-state index in [1.165, 1.54) is 0 Å². The molecule has 2 aromatic carbocycles. The molecule has 1 aromatic heterocycles. The summed E-state index contributed by atoms with van der Waals surface area (Å²) in [5.41, 5.74) is 9.73. The van der Waals surface area contributed by atoms with Crippen LogP contribution in [0.15, 0.2) is 48.7 Å². The fraction of sp³-hybridized carbons (Fsp3) is 0.263. The van der Waals surface area contributed by atoms with E-state index in [2.05, 4.69) is 24.3 Å². The quantitative estimate of drug-likeness (QED) is 0.740. The van der Waals surface area contributed by atoms with Crippen LogP contribution in [0.25, 0.3) is 10.9 Å². The van der Waals surface area contributed by atoms with E-state index < -0.39 is 6.04 Å². The van der Waals surface area contributed by atoms with E-state index in [4.69, 9.17) is 5.73 Å². The van der Waals surface area contributed by atoms with Gasteiger partial charge in [-0.05, 0) is 44.5 Å². The molecule has 1 heterocycles. The van der Waals surface area contributed by atoms with Crippen LogP contribution in [-0.2, 0) is 4.79 Å². The van der Waals surface area contributed by atoms with Gasteiger partial charge < -0.3 is 11.1 Å². The Hall–Kier alpha value is -2.37. The van der Waals surface area contributed by atoms with E-state index in [9.17, 15) is 4.79 Å². The number of halogens is 1. The van der Waals surface area contributed by atoms with Crippen molar-refractivity contribution in [3.8, 4) is 0 Å². The average molecular weight is 359 g/mol. The molecule has 6 heteroatoms. The summed E-state index contributed by atoms with van der Waals surface area (Å²) in [4.78, 5) is 12.4. The summed E-state index contributed by atoms with van der Waals surface area (Å²) in [5, 5.41) is 8.33. The van der Waals surface area contributed by atoms with Gasteiger partial charge in [0.15, 0.2) is 0 Å². The van der Waals surface area contributed by atoms with Crippen molar-refractivity contribution in [3.05, 3.63) is 59.8 Å². The first kappa shape index (κ1) is 19.0. The van der Waals surface area contributed by atoms with Crippen LogP contribution in [0.2, 0.25) is 0 Å².